The SMILES string of the molecule is Cc1ccc(CN2CCN(C(=O)NCc3ccccc3C)[C@@H](C)C2=O)cc1. The molecule has 1 fully saturated rings. The van der Waals surface area contributed by atoms with E-state index >= 15 is 0 Å². The van der Waals surface area contributed by atoms with E-state index in [0.717, 1.165) is 16.7 Å². The molecule has 27 heavy (non-hydrogen) atoms. The Morgan fingerprint density at radius 1 is 1.07 bits per heavy atom. The first-order valence-corrected chi connectivity index (χ1v) is 9.39. The van der Waals surface area contributed by atoms with Crippen molar-refractivity contribution in [1.29, 1.82) is 0 Å². The zero-order chi connectivity index (χ0) is 19.4. The number of carbonyl (C=O) groups is 2. The smallest absolute Gasteiger partial charge is 0.318 e. The molecule has 1 aliphatic heterocycles. The standard InChI is InChI=1S/C22H27N3O2/c1-16-8-10-19(11-9-16)15-24-12-13-25(18(3)21(24)26)22(27)23-14-20-7-5-4-6-17(20)2/h4-11,18H,12-15H2,1-3H3,(H,23,27)/t18-/m0/s1. The van der Waals surface area contributed by atoms with Crippen LogP contribution in [0.3, 0.4) is 0 Å². The normalized spacial score (nSPS) is 17.1. The van der Waals surface area contributed by atoms with E-state index in [4.69, 9.17) is 0 Å². The van der Waals surface area contributed by atoms with Gasteiger partial charge in [0, 0.05) is 26.2 Å². The zero-order valence-electron chi connectivity index (χ0n) is 16.2. The van der Waals surface area contributed by atoms with Crippen molar-refractivity contribution in [3.05, 3.63) is 70.8 Å². The Labute approximate surface area is 161 Å². The molecule has 1 N–H and O–H groups in total. The molecule has 0 radical (unpaired) electrons. The number of benzene rings is 2. The highest BCUT2D eigenvalue weighted by molar-refractivity contribution is 5.88. The third kappa shape index (κ3) is 4.48. The van der Waals surface area contributed by atoms with Crippen LogP contribution in [0, 0.1) is 13.8 Å². The maximum Gasteiger partial charge on any atom is 0.318 e. The van der Waals surface area contributed by atoms with Gasteiger partial charge < -0.3 is 15.1 Å². The maximum absolute atomic E-state index is 12.7. The van der Waals surface area contributed by atoms with Crippen molar-refractivity contribution in [1.82, 2.24) is 15.1 Å². The highest BCUT2D eigenvalue weighted by atomic mass is 16.2. The Morgan fingerprint density at radius 2 is 1.78 bits per heavy atom. The molecule has 0 aliphatic carbocycles. The lowest BCUT2D eigenvalue weighted by Crippen LogP contribution is -2.59. The fourth-order valence-electron chi connectivity index (χ4n) is 3.36. The van der Waals surface area contributed by atoms with Gasteiger partial charge in [-0.05, 0) is 37.5 Å². The fourth-order valence-corrected chi connectivity index (χ4v) is 3.36. The molecule has 2 aromatic rings. The lowest BCUT2D eigenvalue weighted by Gasteiger charge is -2.39. The van der Waals surface area contributed by atoms with Crippen LogP contribution in [0.1, 0.15) is 29.2 Å². The average molecular weight is 365 g/mol. The predicted octanol–water partition coefficient (Wildman–Crippen LogP) is 3.25. The number of piperazine rings is 1. The number of amides is 3. The fraction of sp³-hybridized carbons (Fsp3) is 0.364. The number of rotatable bonds is 4. The molecule has 0 unspecified atom stereocenters. The van der Waals surface area contributed by atoms with Crippen molar-refractivity contribution in [2.24, 2.45) is 0 Å². The molecule has 1 heterocycles. The first kappa shape index (κ1) is 19.0. The predicted molar refractivity (Wildman–Crippen MR) is 106 cm³/mol. The number of hydrogen-bond donors (Lipinski definition) is 1. The summed E-state index contributed by atoms with van der Waals surface area (Å²) in [4.78, 5) is 28.8. The summed E-state index contributed by atoms with van der Waals surface area (Å²) in [5.74, 6) is -0.00660. The maximum atomic E-state index is 12.7. The van der Waals surface area contributed by atoms with Crippen molar-refractivity contribution in [2.45, 2.75) is 39.9 Å². The van der Waals surface area contributed by atoms with Crippen molar-refractivity contribution in [2.75, 3.05) is 13.1 Å². The van der Waals surface area contributed by atoms with Crippen LogP contribution in [0.15, 0.2) is 48.5 Å². The van der Waals surface area contributed by atoms with Gasteiger partial charge in [0.2, 0.25) is 5.91 Å². The lowest BCUT2D eigenvalue weighted by molar-refractivity contribution is -0.139. The summed E-state index contributed by atoms with van der Waals surface area (Å²) in [6.45, 7) is 8.02. The molecule has 3 amide bonds. The second kappa shape index (κ2) is 8.25. The molecule has 5 heteroatoms. The molecule has 2 aromatic carbocycles. The van der Waals surface area contributed by atoms with E-state index in [1.807, 2.05) is 43.0 Å². The first-order chi connectivity index (χ1) is 13.0. The molecule has 0 aromatic heterocycles. The second-order valence-electron chi connectivity index (χ2n) is 7.20. The van der Waals surface area contributed by atoms with Gasteiger partial charge in [-0.2, -0.15) is 0 Å². The van der Waals surface area contributed by atoms with Crippen molar-refractivity contribution in [3.63, 3.8) is 0 Å². The first-order valence-electron chi connectivity index (χ1n) is 9.39. The van der Waals surface area contributed by atoms with E-state index in [2.05, 4.69) is 29.6 Å². The van der Waals surface area contributed by atoms with Gasteiger partial charge in [0.05, 0.1) is 0 Å². The molecule has 0 saturated carbocycles. The van der Waals surface area contributed by atoms with Gasteiger partial charge in [-0.25, -0.2) is 4.79 Å². The number of aryl methyl sites for hydroxylation is 2. The Bertz CT molecular complexity index is 817. The highest BCUT2D eigenvalue weighted by Crippen LogP contribution is 2.16. The van der Waals surface area contributed by atoms with Crippen LogP contribution in [0.4, 0.5) is 4.79 Å². The Hall–Kier alpha value is -2.82. The molecule has 1 atom stereocenters. The van der Waals surface area contributed by atoms with Gasteiger partial charge in [0.25, 0.3) is 0 Å². The van der Waals surface area contributed by atoms with E-state index in [1.54, 1.807) is 11.8 Å². The number of urea groups is 1. The van der Waals surface area contributed by atoms with Crippen LogP contribution in [0.2, 0.25) is 0 Å². The summed E-state index contributed by atoms with van der Waals surface area (Å²) in [6.07, 6.45) is 0. The number of nitrogens with one attached hydrogen (secondary N) is 1. The molecular formula is C22H27N3O2. The van der Waals surface area contributed by atoms with E-state index in [0.29, 0.717) is 26.2 Å². The minimum absolute atomic E-state index is 0.00660. The molecule has 3 rings (SSSR count). The van der Waals surface area contributed by atoms with Crippen LogP contribution in [-0.4, -0.2) is 40.9 Å². The molecule has 142 valence electrons. The van der Waals surface area contributed by atoms with Gasteiger partial charge in [-0.1, -0.05) is 54.1 Å². The van der Waals surface area contributed by atoms with E-state index in [-0.39, 0.29) is 11.9 Å². The van der Waals surface area contributed by atoms with Crippen LogP contribution in [-0.2, 0) is 17.9 Å². The van der Waals surface area contributed by atoms with Crippen molar-refractivity contribution >= 4 is 11.9 Å². The summed E-state index contributed by atoms with van der Waals surface area (Å²) in [5.41, 5.74) is 4.54. The number of carbonyl (C=O) groups excluding carboxylic acids is 2. The minimum atomic E-state index is -0.457. The average Bonchev–Trinajstić information content (AvgIpc) is 2.66. The summed E-state index contributed by atoms with van der Waals surface area (Å²) in [7, 11) is 0. The highest BCUT2D eigenvalue weighted by Gasteiger charge is 2.34. The molecule has 0 spiro atoms. The van der Waals surface area contributed by atoms with E-state index < -0.39 is 6.04 Å². The third-order valence-electron chi connectivity index (χ3n) is 5.19. The third-order valence-corrected chi connectivity index (χ3v) is 5.19. The van der Waals surface area contributed by atoms with E-state index in [1.165, 1.54) is 5.56 Å². The monoisotopic (exact) mass is 365 g/mol. The minimum Gasteiger partial charge on any atom is -0.335 e. The van der Waals surface area contributed by atoms with Crippen LogP contribution in [0.25, 0.3) is 0 Å². The summed E-state index contributed by atoms with van der Waals surface area (Å²) in [6, 6.07) is 15.5. The molecule has 1 saturated heterocycles. The van der Waals surface area contributed by atoms with Crippen molar-refractivity contribution < 1.29 is 9.59 Å². The quantitative estimate of drug-likeness (QED) is 0.904. The summed E-state index contributed by atoms with van der Waals surface area (Å²) >= 11 is 0. The lowest BCUT2D eigenvalue weighted by atomic mass is 10.1. The Kier molecular flexibility index (Phi) is 5.79. The second-order valence-corrected chi connectivity index (χ2v) is 7.20. The largest absolute Gasteiger partial charge is 0.335 e. The zero-order valence-corrected chi connectivity index (χ0v) is 16.2. The van der Waals surface area contributed by atoms with Gasteiger partial charge in [0.15, 0.2) is 0 Å². The van der Waals surface area contributed by atoms with Crippen LogP contribution >= 0.6 is 0 Å². The summed E-state index contributed by atoms with van der Waals surface area (Å²) in [5, 5.41) is 2.95. The van der Waals surface area contributed by atoms with Gasteiger partial charge in [-0.3, -0.25) is 4.79 Å². The van der Waals surface area contributed by atoms with E-state index in [9.17, 15) is 9.59 Å². The topological polar surface area (TPSA) is 52.6 Å². The Balaban J connectivity index is 1.57. The van der Waals surface area contributed by atoms with Gasteiger partial charge in [0.1, 0.15) is 6.04 Å². The number of nitrogens with zero attached hydrogens (tertiary/aromatic N) is 2. The Morgan fingerprint density at radius 3 is 2.48 bits per heavy atom. The molecule has 0 bridgehead atoms. The number of hydrogen-bond acceptors (Lipinski definition) is 2. The van der Waals surface area contributed by atoms with Crippen LogP contribution in [0.5, 0.6) is 0 Å². The molecule has 1 aliphatic rings. The van der Waals surface area contributed by atoms with Crippen LogP contribution < -0.4 is 5.32 Å². The molecule has 5 nitrogen and oxygen atoms in total. The molecular weight excluding hydrogens is 338 g/mol. The van der Waals surface area contributed by atoms with Gasteiger partial charge >= 0.3 is 6.03 Å². The van der Waals surface area contributed by atoms with Gasteiger partial charge in [-0.15, -0.1) is 0 Å². The summed E-state index contributed by atoms with van der Waals surface area (Å²) < 4.78 is 0. The van der Waals surface area contributed by atoms with Crippen molar-refractivity contribution in [3.8, 4) is 0 Å².